The van der Waals surface area contributed by atoms with Crippen molar-refractivity contribution in [2.45, 2.75) is 44.7 Å². The summed E-state index contributed by atoms with van der Waals surface area (Å²) in [6, 6.07) is 1.30. The van der Waals surface area contributed by atoms with E-state index in [2.05, 4.69) is 37.4 Å². The summed E-state index contributed by atoms with van der Waals surface area (Å²) in [6.45, 7) is 6.80. The second-order valence-electron chi connectivity index (χ2n) is 6.85. The third kappa shape index (κ3) is 3.05. The smallest absolute Gasteiger partial charge is 0.143 e. The van der Waals surface area contributed by atoms with Gasteiger partial charge >= 0.3 is 0 Å². The van der Waals surface area contributed by atoms with Crippen molar-refractivity contribution < 1.29 is 0 Å². The van der Waals surface area contributed by atoms with Gasteiger partial charge in [0, 0.05) is 44.5 Å². The average molecular weight is 314 g/mol. The zero-order chi connectivity index (χ0) is 15.6. The van der Waals surface area contributed by atoms with Gasteiger partial charge in [0.25, 0.3) is 0 Å². The van der Waals surface area contributed by atoms with Crippen LogP contribution in [-0.4, -0.2) is 58.1 Å². The maximum absolute atomic E-state index is 4.48. The number of piperazine rings is 1. The minimum atomic E-state index is 0.529. The summed E-state index contributed by atoms with van der Waals surface area (Å²) in [5.74, 6) is 0.986. The summed E-state index contributed by atoms with van der Waals surface area (Å²) < 4.78 is 0. The van der Waals surface area contributed by atoms with Crippen molar-refractivity contribution >= 4 is 16.9 Å². The van der Waals surface area contributed by atoms with E-state index in [-0.39, 0.29) is 0 Å². The molecule has 124 valence electrons. The highest BCUT2D eigenvalue weighted by molar-refractivity contribution is 5.90. The molecule has 2 fully saturated rings. The van der Waals surface area contributed by atoms with Gasteiger partial charge in [-0.3, -0.25) is 4.90 Å². The Morgan fingerprint density at radius 3 is 2.70 bits per heavy atom. The van der Waals surface area contributed by atoms with Crippen molar-refractivity contribution in [2.75, 3.05) is 31.5 Å². The highest BCUT2D eigenvalue weighted by Gasteiger charge is 2.27. The second kappa shape index (κ2) is 6.45. The Morgan fingerprint density at radius 1 is 1.13 bits per heavy atom. The fourth-order valence-corrected chi connectivity index (χ4v) is 4.05. The van der Waals surface area contributed by atoms with E-state index in [1.807, 2.05) is 6.20 Å². The number of nitrogens with one attached hydrogen (secondary N) is 3. The molecule has 6 heteroatoms. The number of hydrogen-bond donors (Lipinski definition) is 3. The van der Waals surface area contributed by atoms with Crippen LogP contribution in [0.25, 0.3) is 11.0 Å². The van der Waals surface area contributed by atoms with Crippen molar-refractivity contribution in [2.24, 2.45) is 0 Å². The maximum atomic E-state index is 4.48. The molecule has 0 spiro atoms. The fourth-order valence-electron chi connectivity index (χ4n) is 4.05. The minimum absolute atomic E-state index is 0.529. The molecule has 3 heterocycles. The van der Waals surface area contributed by atoms with Gasteiger partial charge in [-0.25, -0.2) is 9.97 Å². The third-order valence-corrected chi connectivity index (χ3v) is 5.37. The molecule has 23 heavy (non-hydrogen) atoms. The van der Waals surface area contributed by atoms with Crippen molar-refractivity contribution in [1.29, 1.82) is 0 Å². The molecule has 0 amide bonds. The zero-order valence-electron chi connectivity index (χ0n) is 13.8. The second-order valence-corrected chi connectivity index (χ2v) is 6.85. The van der Waals surface area contributed by atoms with Crippen LogP contribution in [0, 0.1) is 6.92 Å². The normalized spacial score (nSPS) is 26.5. The van der Waals surface area contributed by atoms with Crippen LogP contribution < -0.4 is 10.6 Å². The number of fused-ring (bicyclic) bond motifs is 1. The molecular formula is C17H26N6. The molecule has 4 rings (SSSR count). The van der Waals surface area contributed by atoms with Gasteiger partial charge in [-0.2, -0.15) is 0 Å². The predicted molar refractivity (Wildman–Crippen MR) is 92.7 cm³/mol. The fraction of sp³-hybridized carbons (Fsp3) is 0.647. The number of H-pyrrole nitrogens is 1. The Hall–Kier alpha value is -1.66. The van der Waals surface area contributed by atoms with Gasteiger partial charge in [0.05, 0.1) is 5.39 Å². The Balaban J connectivity index is 1.40. The van der Waals surface area contributed by atoms with E-state index < -0.39 is 0 Å². The molecular weight excluding hydrogens is 288 g/mol. The lowest BCUT2D eigenvalue weighted by atomic mass is 9.89. The van der Waals surface area contributed by atoms with Gasteiger partial charge in [-0.15, -0.1) is 0 Å². The number of anilines is 1. The van der Waals surface area contributed by atoms with Crippen molar-refractivity contribution in [3.05, 3.63) is 18.1 Å². The number of nitrogens with zero attached hydrogens (tertiary/aromatic N) is 3. The van der Waals surface area contributed by atoms with E-state index in [4.69, 9.17) is 0 Å². The van der Waals surface area contributed by atoms with Crippen LogP contribution in [0.3, 0.4) is 0 Å². The van der Waals surface area contributed by atoms with E-state index >= 15 is 0 Å². The molecule has 2 aromatic rings. The highest BCUT2D eigenvalue weighted by Crippen LogP contribution is 2.28. The summed E-state index contributed by atoms with van der Waals surface area (Å²) in [5.41, 5.74) is 2.13. The standard InChI is InChI=1S/C17H26N6/c1-12-10-19-16-15(12)17(21-11-20-16)22-13-2-4-14(5-3-13)23-8-6-18-7-9-23/h10-11,13-14,18H,2-9H2,1H3,(H2,19,20,21,22). The molecule has 0 bridgehead atoms. The quantitative estimate of drug-likeness (QED) is 0.807. The Bertz CT molecular complexity index is 652. The van der Waals surface area contributed by atoms with E-state index in [0.717, 1.165) is 36.0 Å². The first-order valence-electron chi connectivity index (χ1n) is 8.81. The SMILES string of the molecule is Cc1c[nH]c2ncnc(NC3CCC(N4CCNCC4)CC3)c12. The van der Waals surface area contributed by atoms with Crippen LogP contribution in [0.5, 0.6) is 0 Å². The number of aromatic nitrogens is 3. The Morgan fingerprint density at radius 2 is 1.91 bits per heavy atom. The van der Waals surface area contributed by atoms with Crippen molar-refractivity contribution in [1.82, 2.24) is 25.2 Å². The largest absolute Gasteiger partial charge is 0.367 e. The van der Waals surface area contributed by atoms with Gasteiger partial charge in [0.2, 0.25) is 0 Å². The van der Waals surface area contributed by atoms with Gasteiger partial charge in [0.15, 0.2) is 0 Å². The van der Waals surface area contributed by atoms with Gasteiger partial charge < -0.3 is 15.6 Å². The summed E-state index contributed by atoms with van der Waals surface area (Å²) in [5, 5.41) is 8.25. The predicted octanol–water partition coefficient (Wildman–Crippen LogP) is 1.89. The zero-order valence-corrected chi connectivity index (χ0v) is 13.8. The van der Waals surface area contributed by atoms with Crippen LogP contribution in [0.4, 0.5) is 5.82 Å². The number of aryl methyl sites for hydroxylation is 1. The molecule has 0 aromatic carbocycles. The summed E-state index contributed by atoms with van der Waals surface area (Å²) in [7, 11) is 0. The number of aromatic amines is 1. The number of rotatable bonds is 3. The summed E-state index contributed by atoms with van der Waals surface area (Å²) >= 11 is 0. The van der Waals surface area contributed by atoms with E-state index in [1.165, 1.54) is 44.3 Å². The lowest BCUT2D eigenvalue weighted by molar-refractivity contribution is 0.135. The molecule has 1 saturated carbocycles. The molecule has 6 nitrogen and oxygen atoms in total. The van der Waals surface area contributed by atoms with Gasteiger partial charge in [0.1, 0.15) is 17.8 Å². The highest BCUT2D eigenvalue weighted by atomic mass is 15.2. The van der Waals surface area contributed by atoms with E-state index in [9.17, 15) is 0 Å². The molecule has 0 unspecified atom stereocenters. The summed E-state index contributed by atoms with van der Waals surface area (Å²) in [6.07, 6.45) is 8.68. The molecule has 0 atom stereocenters. The van der Waals surface area contributed by atoms with E-state index in [1.54, 1.807) is 6.33 Å². The molecule has 1 aliphatic carbocycles. The molecule has 0 radical (unpaired) electrons. The lowest BCUT2D eigenvalue weighted by Gasteiger charge is -2.39. The Labute approximate surface area is 137 Å². The van der Waals surface area contributed by atoms with Gasteiger partial charge in [-0.05, 0) is 38.2 Å². The molecule has 1 aliphatic heterocycles. The molecule has 3 N–H and O–H groups in total. The first-order chi connectivity index (χ1) is 11.3. The molecule has 2 aliphatic rings. The first-order valence-corrected chi connectivity index (χ1v) is 8.81. The van der Waals surface area contributed by atoms with Crippen molar-refractivity contribution in [3.63, 3.8) is 0 Å². The molecule has 1 saturated heterocycles. The van der Waals surface area contributed by atoms with Crippen molar-refractivity contribution in [3.8, 4) is 0 Å². The Kier molecular flexibility index (Phi) is 4.18. The lowest BCUT2D eigenvalue weighted by Crippen LogP contribution is -2.50. The third-order valence-electron chi connectivity index (χ3n) is 5.37. The summed E-state index contributed by atoms with van der Waals surface area (Å²) in [4.78, 5) is 14.7. The maximum Gasteiger partial charge on any atom is 0.143 e. The first kappa shape index (κ1) is 14.9. The van der Waals surface area contributed by atoms with Crippen LogP contribution in [0.1, 0.15) is 31.2 Å². The molecule has 2 aromatic heterocycles. The minimum Gasteiger partial charge on any atom is -0.367 e. The van der Waals surface area contributed by atoms with Gasteiger partial charge in [-0.1, -0.05) is 0 Å². The van der Waals surface area contributed by atoms with Crippen LogP contribution >= 0.6 is 0 Å². The van der Waals surface area contributed by atoms with Crippen LogP contribution in [-0.2, 0) is 0 Å². The number of hydrogen-bond acceptors (Lipinski definition) is 5. The monoisotopic (exact) mass is 314 g/mol. The van der Waals surface area contributed by atoms with Crippen LogP contribution in [0.15, 0.2) is 12.5 Å². The topological polar surface area (TPSA) is 68.9 Å². The average Bonchev–Trinajstić information content (AvgIpc) is 2.99. The van der Waals surface area contributed by atoms with E-state index in [0.29, 0.717) is 6.04 Å². The van der Waals surface area contributed by atoms with Crippen LogP contribution in [0.2, 0.25) is 0 Å².